The molecule has 3 rings (SSSR count). The number of nitrogens with zero attached hydrogens (tertiary/aromatic N) is 1. The Morgan fingerprint density at radius 3 is 2.52 bits per heavy atom. The maximum Gasteiger partial charge on any atom is 0.337 e. The first-order valence-corrected chi connectivity index (χ1v) is 9.16. The largest absolute Gasteiger partial charge is 0.466 e. The first-order valence-electron chi connectivity index (χ1n) is 9.16. The highest BCUT2D eigenvalue weighted by Gasteiger charge is 2.59. The summed E-state index contributed by atoms with van der Waals surface area (Å²) in [7, 11) is 1.39. The van der Waals surface area contributed by atoms with Crippen LogP contribution in [-0.2, 0) is 20.8 Å². The summed E-state index contributed by atoms with van der Waals surface area (Å²) in [6.07, 6.45) is 3.92. The van der Waals surface area contributed by atoms with Crippen molar-refractivity contribution in [3.63, 3.8) is 0 Å². The van der Waals surface area contributed by atoms with Crippen LogP contribution in [0.2, 0.25) is 0 Å². The average molecular weight is 345 g/mol. The predicted molar refractivity (Wildman–Crippen MR) is 94.1 cm³/mol. The molecule has 3 atom stereocenters. The normalized spacial score (nSPS) is 28.1. The molecule has 2 fully saturated rings. The van der Waals surface area contributed by atoms with Crippen molar-refractivity contribution < 1.29 is 19.1 Å². The van der Waals surface area contributed by atoms with E-state index in [1.165, 1.54) is 7.11 Å². The molecule has 25 heavy (non-hydrogen) atoms. The number of hydrogen-bond acceptors (Lipinski definition) is 5. The Labute approximate surface area is 149 Å². The summed E-state index contributed by atoms with van der Waals surface area (Å²) in [6, 6.07) is 8.25. The van der Waals surface area contributed by atoms with Crippen LogP contribution >= 0.6 is 0 Å². The van der Waals surface area contributed by atoms with Gasteiger partial charge in [-0.3, -0.25) is 9.69 Å². The number of ether oxygens (including phenoxy) is 2. The third-order valence-corrected chi connectivity index (χ3v) is 5.93. The second-order valence-corrected chi connectivity index (χ2v) is 7.04. The highest BCUT2D eigenvalue weighted by molar-refractivity contribution is 5.89. The van der Waals surface area contributed by atoms with E-state index in [-0.39, 0.29) is 23.4 Å². The van der Waals surface area contributed by atoms with Gasteiger partial charge in [-0.2, -0.15) is 0 Å². The molecule has 2 heterocycles. The van der Waals surface area contributed by atoms with Gasteiger partial charge in [0.05, 0.1) is 24.7 Å². The molecule has 0 radical (unpaired) electrons. The molecule has 136 valence electrons. The minimum absolute atomic E-state index is 0.0317. The van der Waals surface area contributed by atoms with Crippen LogP contribution in [0.4, 0.5) is 0 Å². The van der Waals surface area contributed by atoms with Gasteiger partial charge in [-0.15, -0.1) is 0 Å². The zero-order valence-corrected chi connectivity index (χ0v) is 15.3. The van der Waals surface area contributed by atoms with E-state index in [4.69, 9.17) is 9.47 Å². The Balaban J connectivity index is 1.76. The van der Waals surface area contributed by atoms with Crippen LogP contribution in [0.15, 0.2) is 24.3 Å². The van der Waals surface area contributed by atoms with Crippen LogP contribution < -0.4 is 0 Å². The van der Waals surface area contributed by atoms with Crippen LogP contribution in [0, 0.1) is 5.41 Å². The second kappa shape index (κ2) is 7.16. The summed E-state index contributed by atoms with van der Waals surface area (Å²) in [5.74, 6) is -0.351. The monoisotopic (exact) mass is 345 g/mol. The van der Waals surface area contributed by atoms with Crippen LogP contribution in [-0.4, -0.2) is 42.6 Å². The molecule has 1 aromatic carbocycles. The van der Waals surface area contributed by atoms with E-state index in [2.05, 4.69) is 11.8 Å². The lowest BCUT2D eigenvalue weighted by Gasteiger charge is -2.34. The van der Waals surface area contributed by atoms with Crippen molar-refractivity contribution in [2.75, 3.05) is 13.7 Å². The van der Waals surface area contributed by atoms with E-state index in [1.807, 2.05) is 19.1 Å². The van der Waals surface area contributed by atoms with Crippen molar-refractivity contribution in [1.29, 1.82) is 0 Å². The second-order valence-electron chi connectivity index (χ2n) is 7.04. The van der Waals surface area contributed by atoms with Crippen molar-refractivity contribution in [2.45, 2.75) is 58.2 Å². The lowest BCUT2D eigenvalue weighted by Crippen LogP contribution is -2.43. The number of carbonyl (C=O) groups is 2. The van der Waals surface area contributed by atoms with E-state index in [0.717, 1.165) is 37.8 Å². The van der Waals surface area contributed by atoms with Crippen LogP contribution in [0.3, 0.4) is 0 Å². The van der Waals surface area contributed by atoms with Crippen molar-refractivity contribution in [2.24, 2.45) is 5.41 Å². The van der Waals surface area contributed by atoms with E-state index in [1.54, 1.807) is 12.1 Å². The minimum Gasteiger partial charge on any atom is -0.466 e. The van der Waals surface area contributed by atoms with Crippen molar-refractivity contribution >= 4 is 11.9 Å². The number of esters is 2. The molecule has 0 spiro atoms. The molecule has 1 aromatic rings. The van der Waals surface area contributed by atoms with E-state index in [9.17, 15) is 9.59 Å². The zero-order valence-electron chi connectivity index (χ0n) is 15.3. The van der Waals surface area contributed by atoms with Gasteiger partial charge in [-0.05, 0) is 50.3 Å². The third-order valence-electron chi connectivity index (χ3n) is 5.93. The SMILES string of the molecule is CCOC(=O)[C@@]1(CC)C[C@H]2CC[C@@H]1N2Cc1ccc(C(=O)OC)cc1. The molecule has 0 unspecified atom stereocenters. The molecule has 0 amide bonds. The first kappa shape index (κ1) is 17.9. The third kappa shape index (κ3) is 3.06. The number of carbonyl (C=O) groups excluding carboxylic acids is 2. The fraction of sp³-hybridized carbons (Fsp3) is 0.600. The topological polar surface area (TPSA) is 55.8 Å². The molecule has 0 aliphatic carbocycles. The standard InChI is InChI=1S/C20H27NO4/c1-4-20(19(23)25-5-2)12-16-10-11-17(20)21(16)13-14-6-8-15(9-7-14)18(22)24-3/h6-9,16-17H,4-5,10-13H2,1-3H3/t16-,17+,20+/m1/s1. The maximum absolute atomic E-state index is 12.6. The predicted octanol–water partition coefficient (Wildman–Crippen LogP) is 3.17. The fourth-order valence-corrected chi connectivity index (χ4v) is 4.64. The minimum atomic E-state index is -0.356. The van der Waals surface area contributed by atoms with Gasteiger partial charge in [-0.25, -0.2) is 4.79 Å². The summed E-state index contributed by atoms with van der Waals surface area (Å²) in [6.45, 7) is 5.21. The Bertz CT molecular complexity index is 642. The van der Waals surface area contributed by atoms with E-state index < -0.39 is 0 Å². The molecule has 0 N–H and O–H groups in total. The van der Waals surface area contributed by atoms with Gasteiger partial charge in [0.2, 0.25) is 0 Å². The van der Waals surface area contributed by atoms with Crippen LogP contribution in [0.25, 0.3) is 0 Å². The molecule has 2 bridgehead atoms. The highest BCUT2D eigenvalue weighted by atomic mass is 16.5. The fourth-order valence-electron chi connectivity index (χ4n) is 4.64. The lowest BCUT2D eigenvalue weighted by atomic mass is 9.72. The average Bonchev–Trinajstić information content (AvgIpc) is 3.17. The number of methoxy groups -OCH3 is 1. The summed E-state index contributed by atoms with van der Waals surface area (Å²) < 4.78 is 10.2. The molecule has 0 saturated carbocycles. The van der Waals surface area contributed by atoms with Gasteiger partial charge in [0.25, 0.3) is 0 Å². The Kier molecular flexibility index (Phi) is 5.13. The van der Waals surface area contributed by atoms with Gasteiger partial charge < -0.3 is 9.47 Å². The molecule has 5 nitrogen and oxygen atoms in total. The molecular weight excluding hydrogens is 318 g/mol. The Morgan fingerprint density at radius 2 is 1.92 bits per heavy atom. The number of benzene rings is 1. The van der Waals surface area contributed by atoms with Gasteiger partial charge in [0.1, 0.15) is 0 Å². The molecule has 2 aliphatic rings. The smallest absolute Gasteiger partial charge is 0.337 e. The Hall–Kier alpha value is -1.88. The summed E-state index contributed by atoms with van der Waals surface area (Å²) in [5, 5.41) is 0. The zero-order chi connectivity index (χ0) is 18.0. The molecule has 0 aromatic heterocycles. The van der Waals surface area contributed by atoms with E-state index in [0.29, 0.717) is 18.2 Å². The number of rotatable bonds is 6. The highest BCUT2D eigenvalue weighted by Crippen LogP contribution is 2.52. The van der Waals surface area contributed by atoms with Gasteiger partial charge in [0.15, 0.2) is 0 Å². The first-order chi connectivity index (χ1) is 12.1. The van der Waals surface area contributed by atoms with E-state index >= 15 is 0 Å². The van der Waals surface area contributed by atoms with Crippen LogP contribution in [0.1, 0.15) is 55.5 Å². The van der Waals surface area contributed by atoms with Gasteiger partial charge >= 0.3 is 11.9 Å². The van der Waals surface area contributed by atoms with Crippen molar-refractivity contribution in [1.82, 2.24) is 4.90 Å². The Morgan fingerprint density at radius 1 is 1.20 bits per heavy atom. The molecule has 5 heteroatoms. The lowest BCUT2D eigenvalue weighted by molar-refractivity contribution is -0.157. The number of fused-ring (bicyclic) bond motifs is 2. The van der Waals surface area contributed by atoms with Crippen LogP contribution in [0.5, 0.6) is 0 Å². The van der Waals surface area contributed by atoms with Crippen molar-refractivity contribution in [3.8, 4) is 0 Å². The summed E-state index contributed by atoms with van der Waals surface area (Å²) in [5.41, 5.74) is 1.36. The summed E-state index contributed by atoms with van der Waals surface area (Å²) in [4.78, 5) is 26.7. The van der Waals surface area contributed by atoms with Gasteiger partial charge in [-0.1, -0.05) is 19.1 Å². The number of hydrogen-bond donors (Lipinski definition) is 0. The molecular formula is C20H27NO4. The quantitative estimate of drug-likeness (QED) is 0.741. The molecule has 2 saturated heterocycles. The maximum atomic E-state index is 12.6. The molecule has 2 aliphatic heterocycles. The van der Waals surface area contributed by atoms with Crippen molar-refractivity contribution in [3.05, 3.63) is 35.4 Å². The summed E-state index contributed by atoms with van der Waals surface area (Å²) >= 11 is 0. The van der Waals surface area contributed by atoms with Gasteiger partial charge in [0, 0.05) is 18.6 Å².